The minimum atomic E-state index is -4.17. The summed E-state index contributed by atoms with van der Waals surface area (Å²) < 4.78 is 35.0. The third-order valence-electron chi connectivity index (χ3n) is 5.84. The second-order valence-electron chi connectivity index (χ2n) is 10.2. The zero-order chi connectivity index (χ0) is 31.1. The van der Waals surface area contributed by atoms with E-state index < -0.39 is 10.0 Å². The Morgan fingerprint density at radius 2 is 1.33 bits per heavy atom. The van der Waals surface area contributed by atoms with Crippen LogP contribution in [0.4, 0.5) is 28.7 Å². The van der Waals surface area contributed by atoms with E-state index in [1.54, 1.807) is 86.5 Å². The number of para-hydroxylation sites is 2. The highest BCUT2D eigenvalue weighted by atomic mass is 32.2. The van der Waals surface area contributed by atoms with Crippen molar-refractivity contribution in [3.63, 3.8) is 0 Å². The molecule has 3 aromatic carbocycles. The Labute approximate surface area is 250 Å². The van der Waals surface area contributed by atoms with Crippen LogP contribution in [0, 0.1) is 0 Å². The van der Waals surface area contributed by atoms with Crippen LogP contribution in [0.2, 0.25) is 0 Å². The number of ether oxygens (including phenoxy) is 1. The van der Waals surface area contributed by atoms with Crippen LogP contribution in [0.15, 0.2) is 71.6 Å². The molecule has 4 rings (SSSR count). The van der Waals surface area contributed by atoms with Gasteiger partial charge in [-0.25, -0.2) is 18.4 Å². The molecule has 0 fully saturated rings. The van der Waals surface area contributed by atoms with E-state index in [-0.39, 0.29) is 41.4 Å². The first-order valence-corrected chi connectivity index (χ1v) is 14.6. The highest BCUT2D eigenvalue weighted by Crippen LogP contribution is 2.31. The zero-order valence-corrected chi connectivity index (χ0v) is 25.3. The summed E-state index contributed by atoms with van der Waals surface area (Å²) in [5, 5.41) is 8.65. The van der Waals surface area contributed by atoms with Crippen molar-refractivity contribution >= 4 is 61.6 Å². The van der Waals surface area contributed by atoms with Crippen molar-refractivity contribution in [3.8, 4) is 5.75 Å². The molecular weight excluding hydrogens is 572 g/mol. The fourth-order valence-electron chi connectivity index (χ4n) is 4.06. The number of aromatic nitrogens is 2. The molecule has 4 N–H and O–H groups in total. The highest BCUT2D eigenvalue weighted by Gasteiger charge is 2.20. The van der Waals surface area contributed by atoms with Gasteiger partial charge in [-0.3, -0.25) is 14.3 Å². The Kier molecular flexibility index (Phi) is 9.75. The van der Waals surface area contributed by atoms with Gasteiger partial charge in [0, 0.05) is 29.2 Å². The lowest BCUT2D eigenvalue weighted by molar-refractivity contribution is -0.117. The summed E-state index contributed by atoms with van der Waals surface area (Å²) in [6, 6.07) is 18.0. The van der Waals surface area contributed by atoms with Gasteiger partial charge in [-0.05, 0) is 64.6 Å². The molecule has 43 heavy (non-hydrogen) atoms. The van der Waals surface area contributed by atoms with Gasteiger partial charge in [0.25, 0.3) is 10.0 Å². The molecule has 0 radical (unpaired) electrons. The largest absolute Gasteiger partial charge is 0.497 e. The van der Waals surface area contributed by atoms with Crippen molar-refractivity contribution in [1.82, 2.24) is 19.8 Å². The van der Waals surface area contributed by atoms with E-state index in [2.05, 4.69) is 30.6 Å². The zero-order valence-electron chi connectivity index (χ0n) is 24.5. The fraction of sp³-hybridized carbons (Fsp3) is 0.241. The van der Waals surface area contributed by atoms with Gasteiger partial charge in [0.1, 0.15) is 5.75 Å². The van der Waals surface area contributed by atoms with Crippen LogP contribution < -0.4 is 25.4 Å². The van der Waals surface area contributed by atoms with Crippen LogP contribution in [-0.4, -0.2) is 88.4 Å². The topological polar surface area (TPSA) is 158 Å². The molecule has 1 heterocycles. The van der Waals surface area contributed by atoms with Gasteiger partial charge in [-0.2, -0.15) is 0 Å². The number of methoxy groups -OCH3 is 1. The predicted octanol–water partition coefficient (Wildman–Crippen LogP) is 3.18. The monoisotopic (exact) mass is 606 g/mol. The number of anilines is 5. The summed E-state index contributed by atoms with van der Waals surface area (Å²) in [5.74, 6) is 0.0192. The first-order valence-electron chi connectivity index (χ1n) is 13.2. The smallest absolute Gasteiger partial charge is 0.263 e. The van der Waals surface area contributed by atoms with Gasteiger partial charge in [0.2, 0.25) is 11.8 Å². The summed E-state index contributed by atoms with van der Waals surface area (Å²) in [6.45, 7) is 0.324. The van der Waals surface area contributed by atoms with E-state index in [1.807, 2.05) is 0 Å². The number of carbonyl (C=O) groups excluding carboxylic acids is 2. The number of sulfonamides is 1. The third kappa shape index (κ3) is 8.61. The molecule has 0 saturated carbocycles. The lowest BCUT2D eigenvalue weighted by atomic mass is 10.2. The molecule has 0 bridgehead atoms. The number of hydrogen-bond acceptors (Lipinski definition) is 10. The average molecular weight is 607 g/mol. The third-order valence-corrected chi connectivity index (χ3v) is 7.17. The SMILES string of the molecule is COc1cc(NC(=O)CN(C)C)cc(Nc2nc3ccccc3nc2NS(=O)(=O)c2cccc(NC(=O)CN(C)C)c2)c1. The number of likely N-dealkylation sites (N-methyl/N-ethyl adjacent to an activating group) is 2. The number of carbonyl (C=O) groups is 2. The van der Waals surface area contributed by atoms with Crippen molar-refractivity contribution in [2.75, 3.05) is 69.1 Å². The molecule has 0 spiro atoms. The van der Waals surface area contributed by atoms with E-state index in [1.165, 1.54) is 25.3 Å². The lowest BCUT2D eigenvalue weighted by Crippen LogP contribution is -2.27. The molecule has 0 atom stereocenters. The van der Waals surface area contributed by atoms with E-state index in [4.69, 9.17) is 4.74 Å². The van der Waals surface area contributed by atoms with E-state index in [9.17, 15) is 18.0 Å². The van der Waals surface area contributed by atoms with Crippen molar-refractivity contribution in [1.29, 1.82) is 0 Å². The summed E-state index contributed by atoms with van der Waals surface area (Å²) in [6.07, 6.45) is 0. The molecule has 226 valence electrons. The van der Waals surface area contributed by atoms with Crippen LogP contribution in [0.25, 0.3) is 11.0 Å². The van der Waals surface area contributed by atoms with Gasteiger partial charge < -0.3 is 30.5 Å². The van der Waals surface area contributed by atoms with E-state index >= 15 is 0 Å². The van der Waals surface area contributed by atoms with Crippen molar-refractivity contribution in [3.05, 3.63) is 66.7 Å². The van der Waals surface area contributed by atoms with Crippen molar-refractivity contribution in [2.24, 2.45) is 0 Å². The number of amides is 2. The Bertz CT molecular complexity index is 1740. The van der Waals surface area contributed by atoms with Gasteiger partial charge in [0.05, 0.1) is 36.1 Å². The molecule has 0 aliphatic carbocycles. The summed E-state index contributed by atoms with van der Waals surface area (Å²) in [4.78, 5) is 37.1. The van der Waals surface area contributed by atoms with E-state index in [0.29, 0.717) is 33.8 Å². The second-order valence-corrected chi connectivity index (χ2v) is 11.9. The minimum Gasteiger partial charge on any atom is -0.497 e. The quantitative estimate of drug-likeness (QED) is 0.189. The number of nitrogens with zero attached hydrogens (tertiary/aromatic N) is 4. The summed E-state index contributed by atoms with van der Waals surface area (Å²) in [7, 11) is 4.42. The van der Waals surface area contributed by atoms with Crippen LogP contribution in [0.5, 0.6) is 5.75 Å². The van der Waals surface area contributed by atoms with E-state index in [0.717, 1.165) is 0 Å². The molecule has 0 saturated heterocycles. The number of hydrogen-bond donors (Lipinski definition) is 4. The van der Waals surface area contributed by atoms with Crippen LogP contribution >= 0.6 is 0 Å². The summed E-state index contributed by atoms with van der Waals surface area (Å²) in [5.41, 5.74) is 2.27. The first kappa shape index (κ1) is 31.2. The molecule has 13 nitrogen and oxygen atoms in total. The second kappa shape index (κ2) is 13.5. The standard InChI is InChI=1S/C29H34N8O5S/c1-36(2)17-26(38)30-19-9-8-10-23(16-19)43(40,41)35-29-28(33-24-11-6-7-12-25(24)34-29)32-21-13-20(14-22(15-21)42-5)31-27(39)18-37(3)4/h6-16H,17-18H2,1-5H3,(H,30,38)(H,31,39)(H,32,33)(H,34,35). The normalized spacial score (nSPS) is 11.4. The fourth-order valence-corrected chi connectivity index (χ4v) is 5.11. The van der Waals surface area contributed by atoms with Crippen molar-refractivity contribution < 1.29 is 22.7 Å². The maximum atomic E-state index is 13.5. The number of rotatable bonds is 12. The molecule has 1 aromatic heterocycles. The van der Waals surface area contributed by atoms with Gasteiger partial charge in [0.15, 0.2) is 11.6 Å². The molecule has 0 aliphatic rings. The number of nitrogens with one attached hydrogen (secondary N) is 4. The average Bonchev–Trinajstić information content (AvgIpc) is 2.92. The molecular formula is C29H34N8O5S. The maximum absolute atomic E-state index is 13.5. The molecule has 0 aliphatic heterocycles. The number of benzene rings is 3. The van der Waals surface area contributed by atoms with Gasteiger partial charge in [-0.1, -0.05) is 18.2 Å². The Morgan fingerprint density at radius 3 is 1.93 bits per heavy atom. The molecule has 2 amide bonds. The highest BCUT2D eigenvalue weighted by molar-refractivity contribution is 7.92. The minimum absolute atomic E-state index is 0.0539. The lowest BCUT2D eigenvalue weighted by Gasteiger charge is -2.16. The molecule has 0 unspecified atom stereocenters. The van der Waals surface area contributed by atoms with Crippen LogP contribution in [-0.2, 0) is 19.6 Å². The summed E-state index contributed by atoms with van der Waals surface area (Å²) >= 11 is 0. The Hall–Kier alpha value is -4.79. The number of fused-ring (bicyclic) bond motifs is 1. The predicted molar refractivity (Wildman–Crippen MR) is 167 cm³/mol. The van der Waals surface area contributed by atoms with Crippen LogP contribution in [0.1, 0.15) is 0 Å². The maximum Gasteiger partial charge on any atom is 0.263 e. The first-order chi connectivity index (χ1) is 20.4. The van der Waals surface area contributed by atoms with Gasteiger partial charge in [-0.15, -0.1) is 0 Å². The van der Waals surface area contributed by atoms with Gasteiger partial charge >= 0.3 is 0 Å². The van der Waals surface area contributed by atoms with Crippen LogP contribution in [0.3, 0.4) is 0 Å². The molecule has 4 aromatic rings. The Morgan fingerprint density at radius 1 is 0.744 bits per heavy atom. The molecule has 14 heteroatoms. The Balaban J connectivity index is 1.68. The van der Waals surface area contributed by atoms with Crippen molar-refractivity contribution in [2.45, 2.75) is 4.90 Å².